The third-order valence-corrected chi connectivity index (χ3v) is 4.48. The van der Waals surface area contributed by atoms with Gasteiger partial charge < -0.3 is 14.2 Å². The molecule has 0 aromatic carbocycles. The van der Waals surface area contributed by atoms with Crippen molar-refractivity contribution in [1.29, 1.82) is 0 Å². The Hall–Kier alpha value is -1.10. The van der Waals surface area contributed by atoms with E-state index in [4.69, 9.17) is 4.42 Å². The van der Waals surface area contributed by atoms with Crippen LogP contribution in [0.3, 0.4) is 0 Å². The first-order valence-electron chi connectivity index (χ1n) is 7.47. The monoisotopic (exact) mass is 264 g/mol. The van der Waals surface area contributed by atoms with Gasteiger partial charge in [0.15, 0.2) is 0 Å². The van der Waals surface area contributed by atoms with Gasteiger partial charge in [0.25, 0.3) is 0 Å². The van der Waals surface area contributed by atoms with Crippen molar-refractivity contribution in [3.8, 4) is 0 Å². The molecule has 3 rings (SSSR count). The first-order valence-corrected chi connectivity index (χ1v) is 7.47. The highest BCUT2D eigenvalue weighted by Gasteiger charge is 2.41. The van der Waals surface area contributed by atoms with E-state index in [0.717, 1.165) is 37.8 Å². The van der Waals surface area contributed by atoms with Gasteiger partial charge in [-0.1, -0.05) is 12.0 Å². The average molecular weight is 264 g/mol. The minimum atomic E-state index is 0.451. The van der Waals surface area contributed by atoms with Gasteiger partial charge in [0.05, 0.1) is 0 Å². The zero-order valence-corrected chi connectivity index (χ0v) is 12.1. The molecule has 2 aliphatic heterocycles. The molecule has 2 aliphatic rings. The lowest BCUT2D eigenvalue weighted by Gasteiger charge is -2.39. The smallest absolute Gasteiger partial charge is 0.318 e. The molecule has 106 valence electrons. The number of aryl methyl sites for hydroxylation is 1. The average Bonchev–Trinajstić information content (AvgIpc) is 2.98. The number of anilines is 1. The molecule has 5 nitrogen and oxygen atoms in total. The van der Waals surface area contributed by atoms with Gasteiger partial charge in [0.2, 0.25) is 5.89 Å². The first-order chi connectivity index (χ1) is 9.21. The van der Waals surface area contributed by atoms with Crippen LogP contribution >= 0.6 is 0 Å². The number of likely N-dealkylation sites (tertiary alicyclic amines) is 1. The Morgan fingerprint density at radius 3 is 2.84 bits per heavy atom. The van der Waals surface area contributed by atoms with Crippen LogP contribution in [-0.4, -0.2) is 48.3 Å². The number of rotatable bonds is 3. The third kappa shape index (κ3) is 2.61. The maximum absolute atomic E-state index is 5.78. The second kappa shape index (κ2) is 5.12. The molecule has 1 aromatic rings. The van der Waals surface area contributed by atoms with Crippen LogP contribution < -0.4 is 4.90 Å². The Labute approximate surface area is 115 Å². The van der Waals surface area contributed by atoms with Gasteiger partial charge in [-0.25, -0.2) is 0 Å². The number of hydrogen-bond acceptors (Lipinski definition) is 5. The van der Waals surface area contributed by atoms with Crippen molar-refractivity contribution in [3.63, 3.8) is 0 Å². The zero-order chi connectivity index (χ0) is 13.3. The molecule has 5 heteroatoms. The summed E-state index contributed by atoms with van der Waals surface area (Å²) >= 11 is 0. The summed E-state index contributed by atoms with van der Waals surface area (Å²) in [4.78, 5) is 4.74. The van der Waals surface area contributed by atoms with Crippen molar-refractivity contribution in [3.05, 3.63) is 5.89 Å². The van der Waals surface area contributed by atoms with Gasteiger partial charge in [-0.15, -0.1) is 5.10 Å². The lowest BCUT2D eigenvalue weighted by atomic mass is 9.79. The number of aromatic nitrogens is 2. The van der Waals surface area contributed by atoms with Crippen LogP contribution in [0.5, 0.6) is 0 Å². The largest absolute Gasteiger partial charge is 0.408 e. The molecular weight excluding hydrogens is 240 g/mol. The Bertz CT molecular complexity index is 429. The summed E-state index contributed by atoms with van der Waals surface area (Å²) < 4.78 is 5.78. The van der Waals surface area contributed by atoms with Crippen LogP contribution in [0.1, 0.15) is 38.5 Å². The van der Waals surface area contributed by atoms with E-state index in [9.17, 15) is 0 Å². The summed E-state index contributed by atoms with van der Waals surface area (Å²) in [6.07, 6.45) is 5.81. The molecule has 0 saturated carbocycles. The van der Waals surface area contributed by atoms with Crippen LogP contribution in [-0.2, 0) is 6.42 Å². The molecular formula is C14H24N4O. The predicted molar refractivity (Wildman–Crippen MR) is 74.3 cm³/mol. The SMILES string of the molecule is CCCc1nnc(N2CCC[C@@]3(CCN(C)C3)C2)o1. The molecule has 1 spiro atoms. The van der Waals surface area contributed by atoms with Crippen LogP contribution in [0.25, 0.3) is 0 Å². The number of hydrogen-bond donors (Lipinski definition) is 0. The predicted octanol–water partition coefficient (Wildman–Crippen LogP) is 1.94. The molecule has 1 atom stereocenters. The molecule has 3 heterocycles. The molecule has 2 fully saturated rings. The maximum Gasteiger partial charge on any atom is 0.318 e. The van der Waals surface area contributed by atoms with Crippen molar-refractivity contribution in [2.24, 2.45) is 5.41 Å². The van der Waals surface area contributed by atoms with Crippen molar-refractivity contribution < 1.29 is 4.42 Å². The van der Waals surface area contributed by atoms with Gasteiger partial charge in [0, 0.05) is 31.5 Å². The lowest BCUT2D eigenvalue weighted by molar-refractivity contribution is 0.228. The quantitative estimate of drug-likeness (QED) is 0.835. The summed E-state index contributed by atoms with van der Waals surface area (Å²) in [7, 11) is 2.22. The van der Waals surface area contributed by atoms with Crippen LogP contribution in [0, 0.1) is 5.41 Å². The molecule has 0 N–H and O–H groups in total. The van der Waals surface area contributed by atoms with Gasteiger partial charge in [-0.05, 0) is 39.3 Å². The Morgan fingerprint density at radius 2 is 2.11 bits per heavy atom. The van der Waals surface area contributed by atoms with E-state index >= 15 is 0 Å². The molecule has 0 aliphatic carbocycles. The van der Waals surface area contributed by atoms with Crippen molar-refractivity contribution >= 4 is 6.01 Å². The fraction of sp³-hybridized carbons (Fsp3) is 0.857. The van der Waals surface area contributed by atoms with E-state index in [1.165, 1.54) is 32.4 Å². The second-order valence-electron chi connectivity index (χ2n) is 6.24. The molecule has 0 bridgehead atoms. The topological polar surface area (TPSA) is 45.4 Å². The highest BCUT2D eigenvalue weighted by atomic mass is 16.4. The maximum atomic E-state index is 5.78. The van der Waals surface area contributed by atoms with Gasteiger partial charge in [0.1, 0.15) is 0 Å². The molecule has 0 amide bonds. The molecule has 19 heavy (non-hydrogen) atoms. The fourth-order valence-corrected chi connectivity index (χ4v) is 3.55. The van der Waals surface area contributed by atoms with Crippen molar-refractivity contribution in [2.75, 3.05) is 38.1 Å². The van der Waals surface area contributed by atoms with Gasteiger partial charge in [-0.2, -0.15) is 0 Å². The van der Waals surface area contributed by atoms with E-state index in [1.54, 1.807) is 0 Å². The van der Waals surface area contributed by atoms with Crippen LogP contribution in [0.2, 0.25) is 0 Å². The fourth-order valence-electron chi connectivity index (χ4n) is 3.55. The second-order valence-corrected chi connectivity index (χ2v) is 6.24. The summed E-state index contributed by atoms with van der Waals surface area (Å²) in [5.74, 6) is 0.778. The van der Waals surface area contributed by atoms with Crippen molar-refractivity contribution in [1.82, 2.24) is 15.1 Å². The number of nitrogens with zero attached hydrogens (tertiary/aromatic N) is 4. The summed E-state index contributed by atoms with van der Waals surface area (Å²) in [5, 5.41) is 8.37. The Morgan fingerprint density at radius 1 is 1.21 bits per heavy atom. The first kappa shape index (κ1) is 12.9. The lowest BCUT2D eigenvalue weighted by Crippen LogP contribution is -2.44. The van der Waals surface area contributed by atoms with E-state index < -0.39 is 0 Å². The Kier molecular flexibility index (Phi) is 3.48. The standard InChI is InChI=1S/C14H24N4O/c1-3-5-12-15-16-13(19-12)18-8-4-6-14(11-18)7-9-17(2)10-14/h3-11H2,1-2H3/t14-/m0/s1. The van der Waals surface area contributed by atoms with Crippen LogP contribution in [0.15, 0.2) is 4.42 Å². The molecule has 1 aromatic heterocycles. The third-order valence-electron chi connectivity index (χ3n) is 4.48. The summed E-state index contributed by atoms with van der Waals surface area (Å²) in [6, 6.07) is 0.733. The molecule has 2 saturated heterocycles. The van der Waals surface area contributed by atoms with E-state index in [-0.39, 0.29) is 0 Å². The summed E-state index contributed by atoms with van der Waals surface area (Å²) in [5.41, 5.74) is 0.451. The van der Waals surface area contributed by atoms with Gasteiger partial charge >= 0.3 is 6.01 Å². The number of piperidine rings is 1. The summed E-state index contributed by atoms with van der Waals surface area (Å²) in [6.45, 7) is 6.69. The van der Waals surface area contributed by atoms with E-state index in [1.807, 2.05) is 0 Å². The highest BCUT2D eigenvalue weighted by molar-refractivity contribution is 5.27. The zero-order valence-electron chi connectivity index (χ0n) is 12.1. The molecule has 0 radical (unpaired) electrons. The van der Waals surface area contributed by atoms with Gasteiger partial charge in [-0.3, -0.25) is 0 Å². The minimum Gasteiger partial charge on any atom is -0.408 e. The minimum absolute atomic E-state index is 0.451. The normalized spacial score (nSPS) is 28.4. The van der Waals surface area contributed by atoms with E-state index in [2.05, 4.69) is 34.0 Å². The molecule has 0 unspecified atom stereocenters. The van der Waals surface area contributed by atoms with E-state index in [0.29, 0.717) is 5.41 Å². The van der Waals surface area contributed by atoms with Crippen molar-refractivity contribution in [2.45, 2.75) is 39.0 Å². The van der Waals surface area contributed by atoms with Crippen LogP contribution in [0.4, 0.5) is 6.01 Å². The Balaban J connectivity index is 1.70. The highest BCUT2D eigenvalue weighted by Crippen LogP contribution is 2.39.